The van der Waals surface area contributed by atoms with Crippen molar-refractivity contribution in [2.24, 2.45) is 0 Å². The van der Waals surface area contributed by atoms with E-state index < -0.39 is 0 Å². The topological polar surface area (TPSA) is 76.1 Å². The second kappa shape index (κ2) is 5.58. The molecule has 1 saturated heterocycles. The fourth-order valence-corrected chi connectivity index (χ4v) is 1.71. The molecule has 2 heterocycles. The molecule has 0 aromatic carbocycles. The van der Waals surface area contributed by atoms with Crippen LogP contribution in [-0.4, -0.2) is 35.8 Å². The molecule has 1 aromatic heterocycles. The van der Waals surface area contributed by atoms with Crippen molar-refractivity contribution in [3.63, 3.8) is 0 Å². The molecular formula is C11H16N4O2. The number of amides is 1. The van der Waals surface area contributed by atoms with Crippen LogP contribution in [0.1, 0.15) is 18.5 Å². The predicted molar refractivity (Wildman–Crippen MR) is 61.5 cm³/mol. The van der Waals surface area contributed by atoms with Gasteiger partial charge in [-0.05, 0) is 12.5 Å². The maximum atomic E-state index is 11.0. The summed E-state index contributed by atoms with van der Waals surface area (Å²) in [5, 5.41) is 14.1. The number of piperidine rings is 1. The van der Waals surface area contributed by atoms with Crippen molar-refractivity contribution < 1.29 is 9.53 Å². The molecule has 1 aliphatic heterocycles. The third-order valence-electron chi connectivity index (χ3n) is 2.74. The van der Waals surface area contributed by atoms with Gasteiger partial charge in [0, 0.05) is 31.6 Å². The molecule has 2 rings (SSSR count). The Balaban J connectivity index is 1.79. The number of nitrogens with zero attached hydrogens (tertiary/aromatic N) is 2. The summed E-state index contributed by atoms with van der Waals surface area (Å²) in [5.41, 5.74) is 0.864. The summed E-state index contributed by atoms with van der Waals surface area (Å²) in [6.07, 6.45) is 1.46. The van der Waals surface area contributed by atoms with E-state index >= 15 is 0 Å². The molecule has 1 amide bonds. The highest BCUT2D eigenvalue weighted by Gasteiger charge is 2.17. The minimum atomic E-state index is 0.132. The monoisotopic (exact) mass is 236 g/mol. The Labute approximate surface area is 99.8 Å². The average molecular weight is 236 g/mol. The van der Waals surface area contributed by atoms with Crippen LogP contribution in [0.25, 0.3) is 0 Å². The van der Waals surface area contributed by atoms with Crippen LogP contribution in [0.3, 0.4) is 0 Å². The van der Waals surface area contributed by atoms with Gasteiger partial charge in [0.15, 0.2) is 0 Å². The van der Waals surface area contributed by atoms with E-state index in [1.807, 2.05) is 6.07 Å². The van der Waals surface area contributed by atoms with E-state index in [4.69, 9.17) is 4.74 Å². The van der Waals surface area contributed by atoms with E-state index in [1.165, 1.54) is 0 Å². The lowest BCUT2D eigenvalue weighted by Crippen LogP contribution is -2.45. The molecule has 1 atom stereocenters. The van der Waals surface area contributed by atoms with Gasteiger partial charge in [0.25, 0.3) is 0 Å². The molecule has 92 valence electrons. The fourth-order valence-electron chi connectivity index (χ4n) is 1.71. The maximum Gasteiger partial charge on any atom is 0.233 e. The van der Waals surface area contributed by atoms with Gasteiger partial charge in [-0.1, -0.05) is 0 Å². The standard InChI is InChI=1S/C11H16N4O2/c1-17-11-5-3-9(14-15-11)7-12-8-2-4-10(16)13-6-8/h3,5,8,12H,2,4,6-7H2,1H3,(H,13,16). The quantitative estimate of drug-likeness (QED) is 0.760. The summed E-state index contributed by atoms with van der Waals surface area (Å²) in [6, 6.07) is 3.98. The first kappa shape index (κ1) is 11.8. The van der Waals surface area contributed by atoms with E-state index in [9.17, 15) is 4.79 Å². The first-order chi connectivity index (χ1) is 8.28. The lowest BCUT2D eigenvalue weighted by molar-refractivity contribution is -0.122. The molecule has 0 radical (unpaired) electrons. The predicted octanol–water partition coefficient (Wildman–Crippen LogP) is -0.147. The van der Waals surface area contributed by atoms with Gasteiger partial charge < -0.3 is 15.4 Å². The van der Waals surface area contributed by atoms with Gasteiger partial charge in [-0.25, -0.2) is 0 Å². The fraction of sp³-hybridized carbons (Fsp3) is 0.545. The number of methoxy groups -OCH3 is 1. The van der Waals surface area contributed by atoms with Gasteiger partial charge in [-0.15, -0.1) is 5.10 Å². The number of nitrogens with one attached hydrogen (secondary N) is 2. The summed E-state index contributed by atoms with van der Waals surface area (Å²) >= 11 is 0. The summed E-state index contributed by atoms with van der Waals surface area (Å²) in [7, 11) is 1.56. The van der Waals surface area contributed by atoms with Gasteiger partial charge in [-0.2, -0.15) is 5.10 Å². The van der Waals surface area contributed by atoms with Crippen molar-refractivity contribution in [2.45, 2.75) is 25.4 Å². The van der Waals surface area contributed by atoms with Crippen molar-refractivity contribution >= 4 is 5.91 Å². The van der Waals surface area contributed by atoms with Crippen LogP contribution in [0.15, 0.2) is 12.1 Å². The van der Waals surface area contributed by atoms with Crippen LogP contribution < -0.4 is 15.4 Å². The third kappa shape index (κ3) is 3.39. The minimum absolute atomic E-state index is 0.132. The van der Waals surface area contributed by atoms with Crippen LogP contribution in [0.4, 0.5) is 0 Å². The van der Waals surface area contributed by atoms with Gasteiger partial charge >= 0.3 is 0 Å². The first-order valence-corrected chi connectivity index (χ1v) is 5.64. The van der Waals surface area contributed by atoms with Crippen molar-refractivity contribution in [3.05, 3.63) is 17.8 Å². The van der Waals surface area contributed by atoms with E-state index in [0.717, 1.165) is 12.1 Å². The summed E-state index contributed by atoms with van der Waals surface area (Å²) in [5.74, 6) is 0.644. The highest BCUT2D eigenvalue weighted by atomic mass is 16.5. The molecule has 1 aliphatic rings. The molecule has 0 aliphatic carbocycles. The largest absolute Gasteiger partial charge is 0.480 e. The van der Waals surface area contributed by atoms with E-state index in [1.54, 1.807) is 13.2 Å². The average Bonchev–Trinajstić information content (AvgIpc) is 2.39. The molecule has 6 heteroatoms. The number of rotatable bonds is 4. The Morgan fingerprint density at radius 2 is 2.41 bits per heavy atom. The molecule has 1 fully saturated rings. The SMILES string of the molecule is COc1ccc(CNC2CCC(=O)NC2)nn1. The Hall–Kier alpha value is -1.69. The zero-order chi connectivity index (χ0) is 12.1. The molecule has 0 bridgehead atoms. The van der Waals surface area contributed by atoms with Crippen molar-refractivity contribution in [1.29, 1.82) is 0 Å². The van der Waals surface area contributed by atoms with Crippen LogP contribution in [0, 0.1) is 0 Å². The number of ether oxygens (including phenoxy) is 1. The van der Waals surface area contributed by atoms with E-state index in [0.29, 0.717) is 31.4 Å². The van der Waals surface area contributed by atoms with Crippen LogP contribution in [-0.2, 0) is 11.3 Å². The first-order valence-electron chi connectivity index (χ1n) is 5.64. The molecule has 2 N–H and O–H groups in total. The Morgan fingerprint density at radius 1 is 1.53 bits per heavy atom. The van der Waals surface area contributed by atoms with Crippen molar-refractivity contribution in [1.82, 2.24) is 20.8 Å². The van der Waals surface area contributed by atoms with Crippen LogP contribution in [0.5, 0.6) is 5.88 Å². The zero-order valence-electron chi connectivity index (χ0n) is 9.77. The van der Waals surface area contributed by atoms with E-state index in [-0.39, 0.29) is 5.91 Å². The Bertz CT molecular complexity index is 370. The number of hydrogen-bond acceptors (Lipinski definition) is 5. The number of carbonyl (C=O) groups excluding carboxylic acids is 1. The van der Waals surface area contributed by atoms with Crippen LogP contribution in [0.2, 0.25) is 0 Å². The molecule has 0 spiro atoms. The molecule has 1 aromatic rings. The Morgan fingerprint density at radius 3 is 3.00 bits per heavy atom. The highest BCUT2D eigenvalue weighted by Crippen LogP contribution is 2.06. The molecule has 0 saturated carbocycles. The molecule has 1 unspecified atom stereocenters. The minimum Gasteiger partial charge on any atom is -0.480 e. The second-order valence-corrected chi connectivity index (χ2v) is 3.99. The molecule has 6 nitrogen and oxygen atoms in total. The van der Waals surface area contributed by atoms with Gasteiger partial charge in [-0.3, -0.25) is 4.79 Å². The highest BCUT2D eigenvalue weighted by molar-refractivity contribution is 5.76. The normalized spacial score (nSPS) is 19.8. The smallest absolute Gasteiger partial charge is 0.233 e. The lowest BCUT2D eigenvalue weighted by Gasteiger charge is -2.23. The van der Waals surface area contributed by atoms with E-state index in [2.05, 4.69) is 20.8 Å². The third-order valence-corrected chi connectivity index (χ3v) is 2.74. The lowest BCUT2D eigenvalue weighted by atomic mass is 10.1. The van der Waals surface area contributed by atoms with Gasteiger partial charge in [0.05, 0.1) is 12.8 Å². The van der Waals surface area contributed by atoms with Gasteiger partial charge in [0.1, 0.15) is 0 Å². The number of aromatic nitrogens is 2. The maximum absolute atomic E-state index is 11.0. The summed E-state index contributed by atoms with van der Waals surface area (Å²) in [6.45, 7) is 1.33. The number of carbonyl (C=O) groups is 1. The zero-order valence-corrected chi connectivity index (χ0v) is 9.77. The summed E-state index contributed by atoms with van der Waals surface area (Å²) < 4.78 is 4.93. The summed E-state index contributed by atoms with van der Waals surface area (Å²) in [4.78, 5) is 11.0. The second-order valence-electron chi connectivity index (χ2n) is 3.99. The van der Waals surface area contributed by atoms with Gasteiger partial charge in [0.2, 0.25) is 11.8 Å². The van der Waals surface area contributed by atoms with Crippen molar-refractivity contribution in [2.75, 3.05) is 13.7 Å². The van der Waals surface area contributed by atoms with Crippen LogP contribution >= 0.6 is 0 Å². The number of hydrogen-bond donors (Lipinski definition) is 2. The molecule has 17 heavy (non-hydrogen) atoms. The Kier molecular flexibility index (Phi) is 3.87. The van der Waals surface area contributed by atoms with Crippen molar-refractivity contribution in [3.8, 4) is 5.88 Å². The molecular weight excluding hydrogens is 220 g/mol.